The summed E-state index contributed by atoms with van der Waals surface area (Å²) >= 11 is 2.96. The molecule has 0 bridgehead atoms. The lowest BCUT2D eigenvalue weighted by atomic mass is 10.2. The molecule has 1 saturated heterocycles. The first-order chi connectivity index (χ1) is 13.9. The Labute approximate surface area is 174 Å². The van der Waals surface area contributed by atoms with Crippen LogP contribution in [0, 0.1) is 11.6 Å². The number of rotatable bonds is 7. The Bertz CT molecular complexity index is 862. The maximum absolute atomic E-state index is 13.7. The summed E-state index contributed by atoms with van der Waals surface area (Å²) in [7, 11) is 0. The Morgan fingerprint density at radius 1 is 1.21 bits per heavy atom. The van der Waals surface area contributed by atoms with Crippen molar-refractivity contribution in [1.82, 2.24) is 0 Å². The topological polar surface area (TPSA) is 73.9 Å². The molecular formula is C20H18BrF2NO5. The number of nitrogens with one attached hydrogen (secondary N) is 1. The smallest absolute Gasteiger partial charge is 0.338 e. The molecule has 0 saturated carbocycles. The van der Waals surface area contributed by atoms with Crippen molar-refractivity contribution in [2.75, 3.05) is 25.1 Å². The third kappa shape index (κ3) is 5.98. The Balaban J connectivity index is 1.48. The van der Waals surface area contributed by atoms with Gasteiger partial charge in [-0.15, -0.1) is 0 Å². The highest BCUT2D eigenvalue weighted by Crippen LogP contribution is 2.26. The molecule has 0 aliphatic carbocycles. The molecule has 6 nitrogen and oxygen atoms in total. The van der Waals surface area contributed by atoms with Crippen molar-refractivity contribution < 1.29 is 32.6 Å². The van der Waals surface area contributed by atoms with E-state index in [0.717, 1.165) is 25.5 Å². The van der Waals surface area contributed by atoms with E-state index in [4.69, 9.17) is 14.2 Å². The van der Waals surface area contributed by atoms with Gasteiger partial charge in [0.1, 0.15) is 18.2 Å². The number of benzene rings is 2. The van der Waals surface area contributed by atoms with E-state index >= 15 is 0 Å². The van der Waals surface area contributed by atoms with E-state index in [9.17, 15) is 18.4 Å². The lowest BCUT2D eigenvalue weighted by molar-refractivity contribution is -0.119. The number of amides is 1. The Kier molecular flexibility index (Phi) is 7.16. The van der Waals surface area contributed by atoms with Gasteiger partial charge in [0.2, 0.25) is 0 Å². The zero-order valence-corrected chi connectivity index (χ0v) is 16.8. The van der Waals surface area contributed by atoms with Gasteiger partial charge in [-0.25, -0.2) is 13.6 Å². The Morgan fingerprint density at radius 3 is 2.62 bits per heavy atom. The van der Waals surface area contributed by atoms with E-state index < -0.39 is 30.1 Å². The van der Waals surface area contributed by atoms with Gasteiger partial charge in [0.25, 0.3) is 5.91 Å². The fourth-order valence-electron chi connectivity index (χ4n) is 2.70. The normalized spacial score (nSPS) is 15.8. The molecular weight excluding hydrogens is 452 g/mol. The zero-order chi connectivity index (χ0) is 20.8. The molecule has 1 atom stereocenters. The standard InChI is InChI=1S/C20H18BrF2NO5/c21-16-8-13(22)9-17(23)19(16)24-18(25)11-29-20(26)12-3-5-14(6-4-12)28-10-15-2-1-7-27-15/h3-6,8-9,15H,1-2,7,10-11H2,(H,24,25). The predicted molar refractivity (Wildman–Crippen MR) is 104 cm³/mol. The number of anilines is 1. The van der Waals surface area contributed by atoms with Crippen LogP contribution in [-0.2, 0) is 14.3 Å². The predicted octanol–water partition coefficient (Wildman–Crippen LogP) is 4.08. The van der Waals surface area contributed by atoms with Gasteiger partial charge in [-0.05, 0) is 59.1 Å². The second-order valence-corrected chi connectivity index (χ2v) is 7.19. The Morgan fingerprint density at radius 2 is 1.97 bits per heavy atom. The van der Waals surface area contributed by atoms with Crippen molar-refractivity contribution in [3.8, 4) is 5.75 Å². The fourth-order valence-corrected chi connectivity index (χ4v) is 3.21. The summed E-state index contributed by atoms with van der Waals surface area (Å²) < 4.78 is 42.8. The summed E-state index contributed by atoms with van der Waals surface area (Å²) in [6.07, 6.45) is 2.08. The molecule has 1 N–H and O–H groups in total. The second-order valence-electron chi connectivity index (χ2n) is 6.34. The molecule has 2 aromatic rings. The Hall–Kier alpha value is -2.52. The van der Waals surface area contributed by atoms with Gasteiger partial charge < -0.3 is 19.5 Å². The molecule has 0 spiro atoms. The number of ether oxygens (including phenoxy) is 3. The third-order valence-electron chi connectivity index (χ3n) is 4.16. The maximum atomic E-state index is 13.7. The largest absolute Gasteiger partial charge is 0.491 e. The first-order valence-electron chi connectivity index (χ1n) is 8.88. The van der Waals surface area contributed by atoms with Gasteiger partial charge in [-0.1, -0.05) is 0 Å². The van der Waals surface area contributed by atoms with Crippen LogP contribution in [-0.4, -0.2) is 37.8 Å². The third-order valence-corrected chi connectivity index (χ3v) is 4.78. The second kappa shape index (κ2) is 9.80. The van der Waals surface area contributed by atoms with Crippen molar-refractivity contribution in [3.63, 3.8) is 0 Å². The van der Waals surface area contributed by atoms with Crippen LogP contribution in [0.3, 0.4) is 0 Å². The van der Waals surface area contributed by atoms with Gasteiger partial charge in [0.15, 0.2) is 12.4 Å². The lowest BCUT2D eigenvalue weighted by Gasteiger charge is -2.12. The molecule has 1 aliphatic rings. The number of carbonyl (C=O) groups is 2. The number of hydrogen-bond acceptors (Lipinski definition) is 5. The van der Waals surface area contributed by atoms with Crippen LogP contribution in [0.4, 0.5) is 14.5 Å². The van der Waals surface area contributed by atoms with Crippen LogP contribution in [0.25, 0.3) is 0 Å². The van der Waals surface area contributed by atoms with Crippen molar-refractivity contribution in [3.05, 3.63) is 58.1 Å². The van der Waals surface area contributed by atoms with Gasteiger partial charge in [0, 0.05) is 17.1 Å². The zero-order valence-electron chi connectivity index (χ0n) is 15.3. The summed E-state index contributed by atoms with van der Waals surface area (Å²) in [5, 5.41) is 2.23. The average molecular weight is 470 g/mol. The van der Waals surface area contributed by atoms with E-state index in [2.05, 4.69) is 21.2 Å². The highest BCUT2D eigenvalue weighted by molar-refractivity contribution is 9.10. The van der Waals surface area contributed by atoms with Crippen molar-refractivity contribution in [1.29, 1.82) is 0 Å². The SMILES string of the molecule is O=C(COC(=O)c1ccc(OCC2CCCO2)cc1)Nc1c(F)cc(F)cc1Br. The molecule has 0 aromatic heterocycles. The number of halogens is 3. The van der Waals surface area contributed by atoms with Crippen molar-refractivity contribution in [2.45, 2.75) is 18.9 Å². The molecule has 9 heteroatoms. The molecule has 1 unspecified atom stereocenters. The summed E-state index contributed by atoms with van der Waals surface area (Å²) in [6, 6.07) is 7.91. The molecule has 1 aliphatic heterocycles. The molecule has 0 radical (unpaired) electrons. The van der Waals surface area contributed by atoms with Crippen LogP contribution in [0.2, 0.25) is 0 Å². The highest BCUT2D eigenvalue weighted by Gasteiger charge is 2.17. The summed E-state index contributed by atoms with van der Waals surface area (Å²) in [5.74, 6) is -2.63. The minimum atomic E-state index is -0.949. The molecule has 2 aromatic carbocycles. The van der Waals surface area contributed by atoms with E-state index in [1.165, 1.54) is 12.1 Å². The summed E-state index contributed by atoms with van der Waals surface area (Å²) in [6.45, 7) is 0.565. The van der Waals surface area contributed by atoms with E-state index in [1.54, 1.807) is 12.1 Å². The summed E-state index contributed by atoms with van der Waals surface area (Å²) in [4.78, 5) is 24.0. The van der Waals surface area contributed by atoms with Crippen molar-refractivity contribution in [2.24, 2.45) is 0 Å². The van der Waals surface area contributed by atoms with Crippen LogP contribution in [0.5, 0.6) is 5.75 Å². The molecule has 1 amide bonds. The first kappa shape index (κ1) is 21.2. The van der Waals surface area contributed by atoms with Crippen LogP contribution in [0.1, 0.15) is 23.2 Å². The molecule has 29 heavy (non-hydrogen) atoms. The molecule has 1 fully saturated rings. The van der Waals surface area contributed by atoms with E-state index in [-0.39, 0.29) is 21.8 Å². The number of hydrogen-bond donors (Lipinski definition) is 1. The van der Waals surface area contributed by atoms with Gasteiger partial charge in [0.05, 0.1) is 17.4 Å². The monoisotopic (exact) mass is 469 g/mol. The van der Waals surface area contributed by atoms with E-state index in [0.29, 0.717) is 18.4 Å². The minimum absolute atomic E-state index is 0.0354. The first-order valence-corrected chi connectivity index (χ1v) is 9.67. The van der Waals surface area contributed by atoms with Gasteiger partial charge in [-0.3, -0.25) is 4.79 Å². The average Bonchev–Trinajstić information content (AvgIpc) is 3.21. The highest BCUT2D eigenvalue weighted by atomic mass is 79.9. The van der Waals surface area contributed by atoms with Crippen molar-refractivity contribution >= 4 is 33.5 Å². The quantitative estimate of drug-likeness (QED) is 0.618. The number of esters is 1. The van der Waals surface area contributed by atoms with E-state index in [1.807, 2.05) is 0 Å². The van der Waals surface area contributed by atoms with Gasteiger partial charge in [-0.2, -0.15) is 0 Å². The van der Waals surface area contributed by atoms with Crippen LogP contribution in [0.15, 0.2) is 40.9 Å². The van der Waals surface area contributed by atoms with Crippen LogP contribution < -0.4 is 10.1 Å². The van der Waals surface area contributed by atoms with Gasteiger partial charge >= 0.3 is 5.97 Å². The minimum Gasteiger partial charge on any atom is -0.491 e. The lowest BCUT2D eigenvalue weighted by Crippen LogP contribution is -2.21. The fraction of sp³-hybridized carbons (Fsp3) is 0.300. The van der Waals surface area contributed by atoms with Crippen LogP contribution >= 0.6 is 15.9 Å². The summed E-state index contributed by atoms with van der Waals surface area (Å²) in [5.41, 5.74) is -0.00315. The molecule has 3 rings (SSSR count). The number of carbonyl (C=O) groups excluding carboxylic acids is 2. The molecule has 1 heterocycles. The molecule has 154 valence electrons. The maximum Gasteiger partial charge on any atom is 0.338 e.